The Morgan fingerprint density at radius 2 is 1.90 bits per heavy atom. The number of amides is 2. The topological polar surface area (TPSA) is 70.2 Å². The summed E-state index contributed by atoms with van der Waals surface area (Å²) in [4.78, 5) is 14.2. The van der Waals surface area contributed by atoms with E-state index in [2.05, 4.69) is 32.7 Å². The molecule has 21 heavy (non-hydrogen) atoms. The lowest BCUT2D eigenvalue weighted by molar-refractivity contribution is 0.248. The zero-order chi connectivity index (χ0) is 14.7. The van der Waals surface area contributed by atoms with Gasteiger partial charge in [-0.05, 0) is 31.6 Å². The molecule has 3 rings (SSSR count). The molecule has 1 saturated carbocycles. The van der Waals surface area contributed by atoms with Crippen molar-refractivity contribution in [1.82, 2.24) is 15.5 Å². The Bertz CT molecular complexity index is 477. The van der Waals surface area contributed by atoms with Gasteiger partial charge in [0.2, 0.25) is 10.3 Å². The highest BCUT2D eigenvalue weighted by molar-refractivity contribution is 7.19. The van der Waals surface area contributed by atoms with Gasteiger partial charge in [-0.3, -0.25) is 5.32 Å². The number of nitrogens with one attached hydrogen (secondary N) is 2. The molecular weight excluding hydrogens is 286 g/mol. The third-order valence-electron chi connectivity index (χ3n) is 4.38. The lowest BCUT2D eigenvalue weighted by Gasteiger charge is -2.29. The monoisotopic (exact) mass is 309 g/mol. The van der Waals surface area contributed by atoms with Gasteiger partial charge >= 0.3 is 6.03 Å². The van der Waals surface area contributed by atoms with Gasteiger partial charge in [0.15, 0.2) is 0 Å². The zero-order valence-corrected chi connectivity index (χ0v) is 13.3. The standard InChI is InChI=1S/C14H23N5OS/c1-10-6-8-19(9-7-10)14-18-17-13(21-14)16-12(20)15-11-4-2-3-5-11/h10-11H,2-9H2,1H3,(H2,15,16,17,20). The van der Waals surface area contributed by atoms with Crippen molar-refractivity contribution in [2.24, 2.45) is 5.92 Å². The molecule has 0 radical (unpaired) electrons. The first-order valence-electron chi connectivity index (χ1n) is 7.86. The molecule has 0 atom stereocenters. The summed E-state index contributed by atoms with van der Waals surface area (Å²) in [6.45, 7) is 4.35. The quantitative estimate of drug-likeness (QED) is 0.901. The van der Waals surface area contributed by atoms with Gasteiger partial charge in [-0.2, -0.15) is 0 Å². The molecule has 1 aliphatic carbocycles. The molecule has 0 aromatic carbocycles. The minimum Gasteiger partial charge on any atom is -0.347 e. The summed E-state index contributed by atoms with van der Waals surface area (Å²) in [5, 5.41) is 15.6. The number of piperidine rings is 1. The van der Waals surface area contributed by atoms with Crippen LogP contribution in [0.1, 0.15) is 45.4 Å². The van der Waals surface area contributed by atoms with Gasteiger partial charge < -0.3 is 10.2 Å². The first-order chi connectivity index (χ1) is 10.2. The van der Waals surface area contributed by atoms with Crippen LogP contribution in [0.5, 0.6) is 0 Å². The van der Waals surface area contributed by atoms with Crippen LogP contribution in [0.15, 0.2) is 0 Å². The molecule has 2 amide bonds. The number of hydrogen-bond acceptors (Lipinski definition) is 5. The van der Waals surface area contributed by atoms with Gasteiger partial charge in [-0.15, -0.1) is 10.2 Å². The molecule has 2 fully saturated rings. The lowest BCUT2D eigenvalue weighted by atomic mass is 10.00. The number of carbonyl (C=O) groups excluding carboxylic acids is 1. The minimum atomic E-state index is -0.156. The van der Waals surface area contributed by atoms with E-state index in [-0.39, 0.29) is 6.03 Å². The molecule has 1 aromatic rings. The third-order valence-corrected chi connectivity index (χ3v) is 5.28. The van der Waals surface area contributed by atoms with Gasteiger partial charge in [0, 0.05) is 19.1 Å². The summed E-state index contributed by atoms with van der Waals surface area (Å²) in [6, 6.07) is 0.165. The van der Waals surface area contributed by atoms with Gasteiger partial charge in [0.25, 0.3) is 0 Å². The van der Waals surface area contributed by atoms with Crippen LogP contribution in [-0.2, 0) is 0 Å². The number of carbonyl (C=O) groups is 1. The van der Waals surface area contributed by atoms with E-state index in [1.54, 1.807) is 0 Å². The molecular formula is C14H23N5OS. The van der Waals surface area contributed by atoms with Crippen molar-refractivity contribution in [3.63, 3.8) is 0 Å². The Morgan fingerprint density at radius 1 is 1.19 bits per heavy atom. The van der Waals surface area contributed by atoms with Crippen molar-refractivity contribution in [2.45, 2.75) is 51.5 Å². The molecule has 1 aliphatic heterocycles. The number of nitrogens with zero attached hydrogens (tertiary/aromatic N) is 3. The van der Waals surface area contributed by atoms with E-state index in [9.17, 15) is 4.79 Å². The predicted molar refractivity (Wildman–Crippen MR) is 84.9 cm³/mol. The van der Waals surface area contributed by atoms with Crippen molar-refractivity contribution in [1.29, 1.82) is 0 Å². The Balaban J connectivity index is 1.51. The van der Waals surface area contributed by atoms with Crippen LogP contribution in [0.4, 0.5) is 15.1 Å². The molecule has 2 heterocycles. The zero-order valence-electron chi connectivity index (χ0n) is 12.5. The molecule has 1 aromatic heterocycles. The molecule has 6 nitrogen and oxygen atoms in total. The molecule has 116 valence electrons. The molecule has 0 unspecified atom stereocenters. The van der Waals surface area contributed by atoms with Crippen LogP contribution in [0.3, 0.4) is 0 Å². The van der Waals surface area contributed by atoms with E-state index >= 15 is 0 Å². The maximum Gasteiger partial charge on any atom is 0.321 e. The predicted octanol–water partition coefficient (Wildman–Crippen LogP) is 2.84. The highest BCUT2D eigenvalue weighted by Crippen LogP contribution is 2.28. The van der Waals surface area contributed by atoms with Crippen molar-refractivity contribution < 1.29 is 4.79 Å². The van der Waals surface area contributed by atoms with Gasteiger partial charge in [0.1, 0.15) is 0 Å². The molecule has 0 spiro atoms. The van der Waals surface area contributed by atoms with Crippen LogP contribution < -0.4 is 15.5 Å². The summed E-state index contributed by atoms with van der Waals surface area (Å²) in [5.41, 5.74) is 0. The van der Waals surface area contributed by atoms with E-state index < -0.39 is 0 Å². The second-order valence-electron chi connectivity index (χ2n) is 6.14. The van der Waals surface area contributed by atoms with E-state index in [0.717, 1.165) is 37.0 Å². The van der Waals surface area contributed by atoms with Gasteiger partial charge in [0.05, 0.1) is 0 Å². The highest BCUT2D eigenvalue weighted by atomic mass is 32.1. The fourth-order valence-electron chi connectivity index (χ4n) is 2.98. The summed E-state index contributed by atoms with van der Waals surface area (Å²) in [6.07, 6.45) is 6.99. The fourth-order valence-corrected chi connectivity index (χ4v) is 3.77. The van der Waals surface area contributed by atoms with Crippen molar-refractivity contribution >= 4 is 27.6 Å². The van der Waals surface area contributed by atoms with Crippen LogP contribution in [0.25, 0.3) is 0 Å². The molecule has 2 aliphatic rings. The minimum absolute atomic E-state index is 0.156. The number of aromatic nitrogens is 2. The van der Waals surface area contributed by atoms with Gasteiger partial charge in [-0.1, -0.05) is 31.1 Å². The molecule has 0 bridgehead atoms. The number of hydrogen-bond donors (Lipinski definition) is 2. The third kappa shape index (κ3) is 3.84. The maximum absolute atomic E-state index is 11.9. The van der Waals surface area contributed by atoms with Crippen molar-refractivity contribution in [3.8, 4) is 0 Å². The molecule has 7 heteroatoms. The number of anilines is 2. The van der Waals surface area contributed by atoms with Crippen LogP contribution in [0.2, 0.25) is 0 Å². The average Bonchev–Trinajstić information content (AvgIpc) is 3.11. The summed E-state index contributed by atoms with van der Waals surface area (Å²) < 4.78 is 0. The largest absolute Gasteiger partial charge is 0.347 e. The van der Waals surface area contributed by atoms with Crippen molar-refractivity contribution in [2.75, 3.05) is 23.3 Å². The maximum atomic E-state index is 11.9. The normalized spacial score (nSPS) is 20.7. The van der Waals surface area contributed by atoms with E-state index in [1.165, 1.54) is 37.0 Å². The van der Waals surface area contributed by atoms with Crippen molar-refractivity contribution in [3.05, 3.63) is 0 Å². The molecule has 2 N–H and O–H groups in total. The SMILES string of the molecule is CC1CCN(c2nnc(NC(=O)NC3CCCC3)s2)CC1. The first kappa shape index (κ1) is 14.6. The van der Waals surface area contributed by atoms with E-state index in [0.29, 0.717) is 11.2 Å². The molecule has 1 saturated heterocycles. The number of rotatable bonds is 3. The lowest BCUT2D eigenvalue weighted by Crippen LogP contribution is -2.36. The average molecular weight is 309 g/mol. The highest BCUT2D eigenvalue weighted by Gasteiger charge is 2.21. The first-order valence-corrected chi connectivity index (χ1v) is 8.68. The van der Waals surface area contributed by atoms with E-state index in [4.69, 9.17) is 0 Å². The van der Waals surface area contributed by atoms with Crippen LogP contribution >= 0.6 is 11.3 Å². The Hall–Kier alpha value is -1.37. The Labute approximate surface area is 129 Å². The summed E-state index contributed by atoms with van der Waals surface area (Å²) in [5.74, 6) is 0.795. The summed E-state index contributed by atoms with van der Waals surface area (Å²) in [7, 11) is 0. The van der Waals surface area contributed by atoms with Crippen LogP contribution in [0, 0.1) is 5.92 Å². The Morgan fingerprint density at radius 3 is 2.62 bits per heavy atom. The second-order valence-corrected chi connectivity index (χ2v) is 7.10. The van der Waals surface area contributed by atoms with Gasteiger partial charge in [-0.25, -0.2) is 4.79 Å². The Kier molecular flexibility index (Phi) is 4.57. The van der Waals surface area contributed by atoms with E-state index in [1.807, 2.05) is 0 Å². The fraction of sp³-hybridized carbons (Fsp3) is 0.786. The van der Waals surface area contributed by atoms with Crippen LogP contribution in [-0.4, -0.2) is 35.4 Å². The smallest absolute Gasteiger partial charge is 0.321 e. The summed E-state index contributed by atoms with van der Waals surface area (Å²) >= 11 is 1.46. The number of urea groups is 1. The second kappa shape index (κ2) is 6.60.